The summed E-state index contributed by atoms with van der Waals surface area (Å²) in [5.41, 5.74) is 4.09. The second-order valence-corrected chi connectivity index (χ2v) is 5.43. The molecule has 0 radical (unpaired) electrons. The lowest BCUT2D eigenvalue weighted by atomic mass is 10.1. The topological polar surface area (TPSA) is 54.0 Å². The van der Waals surface area contributed by atoms with Crippen molar-refractivity contribution in [1.82, 2.24) is 10.3 Å². The minimum atomic E-state index is -0.231. The van der Waals surface area contributed by atoms with Crippen LogP contribution in [0.2, 0.25) is 0 Å². The van der Waals surface area contributed by atoms with E-state index in [1.807, 2.05) is 38.1 Å². The molecule has 1 aromatic carbocycles. The first-order chi connectivity index (χ1) is 9.56. The number of pyridine rings is 1. The maximum absolute atomic E-state index is 11.9. The molecule has 2 N–H and O–H groups in total. The van der Waals surface area contributed by atoms with Crippen molar-refractivity contribution in [3.63, 3.8) is 0 Å². The molecule has 0 saturated heterocycles. The van der Waals surface area contributed by atoms with Gasteiger partial charge in [-0.05, 0) is 70.7 Å². The molecular weight excluding hydrogens is 318 g/mol. The van der Waals surface area contributed by atoms with Crippen LogP contribution in [-0.4, -0.2) is 11.0 Å². The molecule has 0 spiro atoms. The van der Waals surface area contributed by atoms with Crippen molar-refractivity contribution >= 4 is 27.6 Å². The number of carbonyl (C=O) groups excluding carboxylic acids is 1. The second-order valence-electron chi connectivity index (χ2n) is 4.58. The molecule has 2 aromatic rings. The molecule has 1 heterocycles. The normalized spacial score (nSPS) is 10.2. The second kappa shape index (κ2) is 6.52. The zero-order valence-electron chi connectivity index (χ0n) is 11.4. The highest BCUT2D eigenvalue weighted by Gasteiger charge is 2.07. The fourth-order valence-electron chi connectivity index (χ4n) is 1.73. The number of aromatic nitrogens is 1. The third-order valence-corrected chi connectivity index (χ3v) is 3.69. The van der Waals surface area contributed by atoms with E-state index in [0.29, 0.717) is 6.54 Å². The number of hydrogen-bond acceptors (Lipinski definition) is 2. The van der Waals surface area contributed by atoms with Gasteiger partial charge in [0.05, 0.1) is 5.69 Å². The van der Waals surface area contributed by atoms with Crippen LogP contribution in [-0.2, 0) is 6.54 Å². The minimum Gasteiger partial charge on any atom is -0.334 e. The van der Waals surface area contributed by atoms with Gasteiger partial charge in [-0.3, -0.25) is 4.98 Å². The van der Waals surface area contributed by atoms with E-state index in [4.69, 9.17) is 0 Å². The summed E-state index contributed by atoms with van der Waals surface area (Å²) in [6.45, 7) is 4.52. The lowest BCUT2D eigenvalue weighted by Gasteiger charge is -2.11. The van der Waals surface area contributed by atoms with E-state index in [2.05, 4.69) is 31.5 Å². The van der Waals surface area contributed by atoms with Gasteiger partial charge in [0.25, 0.3) is 0 Å². The van der Waals surface area contributed by atoms with Gasteiger partial charge in [0.1, 0.15) is 0 Å². The number of carbonyl (C=O) groups is 1. The Labute approximate surface area is 126 Å². The molecule has 104 valence electrons. The van der Waals surface area contributed by atoms with Crippen LogP contribution in [0.5, 0.6) is 0 Å². The lowest BCUT2D eigenvalue weighted by molar-refractivity contribution is 0.251. The number of aryl methyl sites for hydroxylation is 2. The van der Waals surface area contributed by atoms with Gasteiger partial charge in [0.15, 0.2) is 0 Å². The predicted octanol–water partition coefficient (Wildman–Crippen LogP) is 3.78. The quantitative estimate of drug-likeness (QED) is 0.897. The number of urea groups is 1. The van der Waals surface area contributed by atoms with Crippen LogP contribution in [0.3, 0.4) is 0 Å². The third-order valence-electron chi connectivity index (χ3n) is 3.03. The molecule has 4 nitrogen and oxygen atoms in total. The maximum atomic E-state index is 11.9. The fraction of sp³-hybridized carbons (Fsp3) is 0.200. The Balaban J connectivity index is 1.97. The van der Waals surface area contributed by atoms with Gasteiger partial charge >= 0.3 is 6.03 Å². The first-order valence-electron chi connectivity index (χ1n) is 6.27. The van der Waals surface area contributed by atoms with Gasteiger partial charge in [-0.1, -0.05) is 0 Å². The van der Waals surface area contributed by atoms with E-state index in [1.54, 1.807) is 12.4 Å². The largest absolute Gasteiger partial charge is 0.334 e. The van der Waals surface area contributed by atoms with Crippen molar-refractivity contribution in [2.24, 2.45) is 0 Å². The molecule has 2 amide bonds. The van der Waals surface area contributed by atoms with Crippen LogP contribution in [0.1, 0.15) is 16.7 Å². The highest BCUT2D eigenvalue weighted by Crippen LogP contribution is 2.25. The highest BCUT2D eigenvalue weighted by molar-refractivity contribution is 9.10. The van der Waals surface area contributed by atoms with Gasteiger partial charge in [-0.15, -0.1) is 0 Å². The van der Waals surface area contributed by atoms with Crippen LogP contribution >= 0.6 is 15.9 Å². The molecule has 0 aliphatic heterocycles. The number of anilines is 1. The van der Waals surface area contributed by atoms with Crippen molar-refractivity contribution in [2.45, 2.75) is 20.4 Å². The number of rotatable bonds is 3. The average Bonchev–Trinajstić information content (AvgIpc) is 2.44. The van der Waals surface area contributed by atoms with Gasteiger partial charge in [-0.2, -0.15) is 0 Å². The van der Waals surface area contributed by atoms with Crippen LogP contribution in [0.15, 0.2) is 41.1 Å². The molecule has 2 rings (SSSR count). The van der Waals surface area contributed by atoms with Crippen molar-refractivity contribution in [3.8, 4) is 0 Å². The third kappa shape index (κ3) is 3.81. The summed E-state index contributed by atoms with van der Waals surface area (Å²) in [4.78, 5) is 15.8. The summed E-state index contributed by atoms with van der Waals surface area (Å²) in [5, 5.41) is 5.65. The first-order valence-corrected chi connectivity index (χ1v) is 7.06. The molecule has 0 aliphatic carbocycles. The molecule has 0 fully saturated rings. The average molecular weight is 334 g/mol. The predicted molar refractivity (Wildman–Crippen MR) is 83.7 cm³/mol. The van der Waals surface area contributed by atoms with E-state index in [-0.39, 0.29) is 6.03 Å². The summed E-state index contributed by atoms with van der Waals surface area (Å²) in [6.07, 6.45) is 3.41. The fourth-order valence-corrected chi connectivity index (χ4v) is 2.28. The van der Waals surface area contributed by atoms with Crippen molar-refractivity contribution in [2.75, 3.05) is 5.32 Å². The van der Waals surface area contributed by atoms with Crippen molar-refractivity contribution < 1.29 is 4.79 Å². The zero-order valence-corrected chi connectivity index (χ0v) is 13.0. The highest BCUT2D eigenvalue weighted by atomic mass is 79.9. The summed E-state index contributed by atoms with van der Waals surface area (Å²) in [7, 11) is 0. The molecular formula is C15H16BrN3O. The van der Waals surface area contributed by atoms with Crippen LogP contribution in [0, 0.1) is 13.8 Å². The van der Waals surface area contributed by atoms with Gasteiger partial charge in [0, 0.05) is 23.4 Å². The maximum Gasteiger partial charge on any atom is 0.319 e. The van der Waals surface area contributed by atoms with Crippen molar-refractivity contribution in [1.29, 1.82) is 0 Å². The smallest absolute Gasteiger partial charge is 0.319 e. The van der Waals surface area contributed by atoms with E-state index in [0.717, 1.165) is 21.3 Å². The van der Waals surface area contributed by atoms with E-state index in [1.165, 1.54) is 5.56 Å². The Morgan fingerprint density at radius 3 is 2.55 bits per heavy atom. The Hall–Kier alpha value is -1.88. The number of halogens is 1. The number of amides is 2. The Bertz CT molecular complexity index is 614. The van der Waals surface area contributed by atoms with Crippen molar-refractivity contribution in [3.05, 3.63) is 57.8 Å². The summed E-state index contributed by atoms with van der Waals surface area (Å²) in [6, 6.07) is 7.45. The summed E-state index contributed by atoms with van der Waals surface area (Å²) in [5.74, 6) is 0. The van der Waals surface area contributed by atoms with E-state index in [9.17, 15) is 4.79 Å². The molecule has 0 aliphatic rings. The van der Waals surface area contributed by atoms with Crippen LogP contribution in [0.25, 0.3) is 0 Å². The van der Waals surface area contributed by atoms with E-state index >= 15 is 0 Å². The van der Waals surface area contributed by atoms with Crippen LogP contribution < -0.4 is 10.6 Å². The molecule has 0 atom stereocenters. The van der Waals surface area contributed by atoms with Crippen LogP contribution in [0.4, 0.5) is 10.5 Å². The molecule has 20 heavy (non-hydrogen) atoms. The molecule has 1 aromatic heterocycles. The number of benzene rings is 1. The zero-order chi connectivity index (χ0) is 14.5. The Morgan fingerprint density at radius 2 is 1.85 bits per heavy atom. The monoisotopic (exact) mass is 333 g/mol. The molecule has 0 unspecified atom stereocenters. The van der Waals surface area contributed by atoms with Gasteiger partial charge in [-0.25, -0.2) is 4.79 Å². The molecule has 5 heteroatoms. The van der Waals surface area contributed by atoms with E-state index < -0.39 is 0 Å². The minimum absolute atomic E-state index is 0.231. The summed E-state index contributed by atoms with van der Waals surface area (Å²) < 4.78 is 0.875. The van der Waals surface area contributed by atoms with Gasteiger partial charge < -0.3 is 10.6 Å². The number of hydrogen-bond donors (Lipinski definition) is 2. The standard InChI is InChI=1S/C15H16BrN3O/c1-10-7-13(16)14(8-11(10)2)19-15(20)18-9-12-3-5-17-6-4-12/h3-8H,9H2,1-2H3,(H2,18,19,20). The number of nitrogens with one attached hydrogen (secondary N) is 2. The van der Waals surface area contributed by atoms with Gasteiger partial charge in [0.2, 0.25) is 0 Å². The molecule has 0 bridgehead atoms. The summed E-state index contributed by atoms with van der Waals surface area (Å²) >= 11 is 3.46. The first kappa shape index (κ1) is 14.5. The Morgan fingerprint density at radius 1 is 1.20 bits per heavy atom. The Kier molecular flexibility index (Phi) is 4.74. The molecule has 0 saturated carbocycles. The number of nitrogens with zero attached hydrogens (tertiary/aromatic N) is 1. The lowest BCUT2D eigenvalue weighted by Crippen LogP contribution is -2.28. The SMILES string of the molecule is Cc1cc(Br)c(NC(=O)NCc2ccncc2)cc1C.